The molecule has 200 valence electrons. The smallest absolute Gasteiger partial charge is 0.230 e. The number of pyridine rings is 1. The summed E-state index contributed by atoms with van der Waals surface area (Å²) in [5, 5.41) is 5.54. The van der Waals surface area contributed by atoms with Crippen LogP contribution in [-0.2, 0) is 11.2 Å². The number of carbonyl (C=O) groups is 1. The third-order valence-electron chi connectivity index (χ3n) is 5.90. The number of hydrogen-bond donors (Lipinski definition) is 2. The Morgan fingerprint density at radius 1 is 1.10 bits per heavy atom. The first-order valence-corrected chi connectivity index (χ1v) is 13.9. The first-order valence-electron chi connectivity index (χ1n) is 12.7. The van der Waals surface area contributed by atoms with E-state index in [1.54, 1.807) is 18.3 Å². The second-order valence-electron chi connectivity index (χ2n) is 8.62. The van der Waals surface area contributed by atoms with Crippen LogP contribution in [0.5, 0.6) is 11.5 Å². The second-order valence-corrected chi connectivity index (χ2v) is 10.1. The molecule has 39 heavy (non-hydrogen) atoms. The molecule has 0 aliphatic rings. The van der Waals surface area contributed by atoms with E-state index in [0.29, 0.717) is 11.4 Å². The Morgan fingerprint density at radius 3 is 2.64 bits per heavy atom. The maximum atomic E-state index is 14.9. The van der Waals surface area contributed by atoms with Crippen molar-refractivity contribution >= 4 is 50.5 Å². The van der Waals surface area contributed by atoms with Gasteiger partial charge in [-0.3, -0.25) is 9.78 Å². The monoisotopic (exact) mass is 560 g/mol. The van der Waals surface area contributed by atoms with Gasteiger partial charge in [0.15, 0.2) is 16.7 Å². The summed E-state index contributed by atoms with van der Waals surface area (Å²) in [6.07, 6.45) is 2.61. The number of aromatic nitrogens is 1. The SMILES string of the molecule is CCN(CC)CCC#Cc1cc2nccc(Oc3ccc(NC(=S)NC(=O)Cc4ccccc4)cc3F)c2s1. The van der Waals surface area contributed by atoms with Gasteiger partial charge in [-0.2, -0.15) is 0 Å². The van der Waals surface area contributed by atoms with Gasteiger partial charge in [0.25, 0.3) is 0 Å². The minimum absolute atomic E-state index is 0.0624. The van der Waals surface area contributed by atoms with Gasteiger partial charge < -0.3 is 20.3 Å². The van der Waals surface area contributed by atoms with Gasteiger partial charge in [0.2, 0.25) is 5.91 Å². The highest BCUT2D eigenvalue weighted by Gasteiger charge is 2.13. The number of nitrogens with zero attached hydrogens (tertiary/aromatic N) is 2. The Balaban J connectivity index is 1.38. The molecule has 6 nitrogen and oxygen atoms in total. The van der Waals surface area contributed by atoms with E-state index in [4.69, 9.17) is 17.0 Å². The number of hydrogen-bond acceptors (Lipinski definition) is 6. The van der Waals surface area contributed by atoms with Crippen molar-refractivity contribution in [3.8, 4) is 23.3 Å². The van der Waals surface area contributed by atoms with Gasteiger partial charge in [0, 0.05) is 37.0 Å². The normalized spacial score (nSPS) is 10.7. The summed E-state index contributed by atoms with van der Waals surface area (Å²) in [4.78, 5) is 19.8. The number of carbonyl (C=O) groups excluding carboxylic acids is 1. The summed E-state index contributed by atoms with van der Waals surface area (Å²) in [5.41, 5.74) is 2.01. The minimum Gasteiger partial charge on any atom is -0.453 e. The van der Waals surface area contributed by atoms with Crippen molar-refractivity contribution in [2.45, 2.75) is 26.7 Å². The van der Waals surface area contributed by atoms with Gasteiger partial charge >= 0.3 is 0 Å². The average molecular weight is 561 g/mol. The van der Waals surface area contributed by atoms with Gasteiger partial charge in [-0.25, -0.2) is 4.39 Å². The molecule has 1 amide bonds. The molecule has 9 heteroatoms. The summed E-state index contributed by atoms with van der Waals surface area (Å²) >= 11 is 6.68. The molecule has 0 unspecified atom stereocenters. The van der Waals surface area contributed by atoms with Crippen LogP contribution in [0.2, 0.25) is 0 Å². The lowest BCUT2D eigenvalue weighted by Gasteiger charge is -2.15. The fourth-order valence-electron chi connectivity index (χ4n) is 3.85. The van der Waals surface area contributed by atoms with Crippen molar-refractivity contribution in [3.05, 3.63) is 83.1 Å². The van der Waals surface area contributed by atoms with Crippen molar-refractivity contribution in [2.24, 2.45) is 0 Å². The fraction of sp³-hybridized carbons (Fsp3) is 0.233. The zero-order chi connectivity index (χ0) is 27.6. The van der Waals surface area contributed by atoms with Crippen LogP contribution >= 0.6 is 23.6 Å². The quantitative estimate of drug-likeness (QED) is 0.183. The second kappa shape index (κ2) is 13.8. The van der Waals surface area contributed by atoms with E-state index in [9.17, 15) is 9.18 Å². The molecule has 0 spiro atoms. The van der Waals surface area contributed by atoms with Crippen molar-refractivity contribution in [3.63, 3.8) is 0 Å². The van der Waals surface area contributed by atoms with E-state index in [0.717, 1.165) is 46.7 Å². The van der Waals surface area contributed by atoms with Crippen molar-refractivity contribution in [2.75, 3.05) is 25.0 Å². The van der Waals surface area contributed by atoms with Crippen LogP contribution in [0.1, 0.15) is 30.7 Å². The molecule has 4 rings (SSSR count). The zero-order valence-corrected chi connectivity index (χ0v) is 23.4. The molecule has 0 bridgehead atoms. The van der Waals surface area contributed by atoms with Gasteiger partial charge in [0.1, 0.15) is 5.75 Å². The van der Waals surface area contributed by atoms with Crippen LogP contribution in [-0.4, -0.2) is 40.5 Å². The number of fused-ring (bicyclic) bond motifs is 1. The van der Waals surface area contributed by atoms with E-state index in [-0.39, 0.29) is 23.2 Å². The van der Waals surface area contributed by atoms with E-state index >= 15 is 0 Å². The standard InChI is InChI=1S/C30H29FN4O2S2/c1-3-35(4-2)17-9-8-12-23-20-25-29(39-23)27(15-16-32-25)37-26-14-13-22(19-24(26)31)33-30(38)34-28(36)18-21-10-6-5-7-11-21/h5-7,10-11,13-16,19-20H,3-4,9,17-18H2,1-2H3,(H2,33,34,36,38). The highest BCUT2D eigenvalue weighted by molar-refractivity contribution is 7.80. The first kappa shape index (κ1) is 28.2. The Bertz CT molecular complexity index is 1510. The molecule has 0 radical (unpaired) electrons. The lowest BCUT2D eigenvalue weighted by atomic mass is 10.1. The molecule has 4 aromatic rings. The van der Waals surface area contributed by atoms with Gasteiger partial charge in [-0.1, -0.05) is 56.0 Å². The summed E-state index contributed by atoms with van der Waals surface area (Å²) < 4.78 is 21.7. The lowest BCUT2D eigenvalue weighted by molar-refractivity contribution is -0.119. The largest absolute Gasteiger partial charge is 0.453 e. The summed E-state index contributed by atoms with van der Waals surface area (Å²) in [5.74, 6) is 6.18. The number of thiocarbonyl (C=S) groups is 1. The number of halogens is 1. The van der Waals surface area contributed by atoms with Crippen LogP contribution in [0, 0.1) is 17.7 Å². The van der Waals surface area contributed by atoms with Gasteiger partial charge in [0.05, 0.1) is 21.5 Å². The maximum absolute atomic E-state index is 14.9. The molecule has 0 saturated carbocycles. The van der Waals surface area contributed by atoms with E-state index < -0.39 is 5.82 Å². The predicted molar refractivity (Wildman–Crippen MR) is 160 cm³/mol. The lowest BCUT2D eigenvalue weighted by Crippen LogP contribution is -2.35. The molecule has 0 aliphatic heterocycles. The molecule has 0 aliphatic carbocycles. The highest BCUT2D eigenvalue weighted by Crippen LogP contribution is 2.35. The van der Waals surface area contributed by atoms with Crippen molar-refractivity contribution < 1.29 is 13.9 Å². The molecular weight excluding hydrogens is 531 g/mol. The van der Waals surface area contributed by atoms with Crippen LogP contribution in [0.15, 0.2) is 66.9 Å². The number of nitrogens with one attached hydrogen (secondary N) is 2. The van der Waals surface area contributed by atoms with E-state index in [2.05, 4.69) is 46.2 Å². The molecule has 2 aromatic carbocycles. The summed E-state index contributed by atoms with van der Waals surface area (Å²) in [6.45, 7) is 7.25. The summed E-state index contributed by atoms with van der Waals surface area (Å²) in [6, 6.07) is 17.4. The Kier molecular flexibility index (Phi) is 9.97. The topological polar surface area (TPSA) is 66.5 Å². The number of ether oxygens (including phenoxy) is 1. The Labute approximate surface area is 237 Å². The third-order valence-corrected chi connectivity index (χ3v) is 7.16. The van der Waals surface area contributed by atoms with Crippen molar-refractivity contribution in [1.82, 2.24) is 15.2 Å². The van der Waals surface area contributed by atoms with Crippen molar-refractivity contribution in [1.29, 1.82) is 0 Å². The van der Waals surface area contributed by atoms with E-state index in [1.165, 1.54) is 23.5 Å². The Morgan fingerprint density at radius 2 is 1.90 bits per heavy atom. The molecule has 0 saturated heterocycles. The molecule has 2 N–H and O–H groups in total. The first-order chi connectivity index (χ1) is 18.9. The highest BCUT2D eigenvalue weighted by atomic mass is 32.1. The van der Waals surface area contributed by atoms with Crippen LogP contribution in [0.25, 0.3) is 10.2 Å². The third kappa shape index (κ3) is 8.07. The zero-order valence-electron chi connectivity index (χ0n) is 21.8. The average Bonchev–Trinajstić information content (AvgIpc) is 3.35. The van der Waals surface area contributed by atoms with Gasteiger partial charge in [-0.15, -0.1) is 11.3 Å². The van der Waals surface area contributed by atoms with Crippen LogP contribution < -0.4 is 15.4 Å². The predicted octanol–water partition coefficient (Wildman–Crippen LogP) is 6.37. The van der Waals surface area contributed by atoms with E-state index in [1.807, 2.05) is 36.4 Å². The molecule has 0 atom stereocenters. The molecule has 2 aromatic heterocycles. The molecule has 2 heterocycles. The molecular formula is C30H29FN4O2S2. The number of rotatable bonds is 9. The maximum Gasteiger partial charge on any atom is 0.230 e. The fourth-order valence-corrected chi connectivity index (χ4v) is 5.03. The summed E-state index contributed by atoms with van der Waals surface area (Å²) in [7, 11) is 0. The number of thiophene rings is 1. The number of benzene rings is 2. The Hall–Kier alpha value is -3.84. The van der Waals surface area contributed by atoms with Crippen LogP contribution in [0.3, 0.4) is 0 Å². The molecule has 0 fully saturated rings. The van der Waals surface area contributed by atoms with Gasteiger partial charge in [-0.05, 0) is 49.1 Å². The van der Waals surface area contributed by atoms with Crippen LogP contribution in [0.4, 0.5) is 10.1 Å². The number of anilines is 1. The minimum atomic E-state index is -0.573. The number of amides is 1.